The van der Waals surface area contributed by atoms with Gasteiger partial charge in [0.05, 0.1) is 4.90 Å². The molecule has 2 aromatic rings. The Balaban J connectivity index is 2.41. The maximum Gasteiger partial charge on any atom is 0.255 e. The van der Waals surface area contributed by atoms with Gasteiger partial charge in [-0.15, -0.1) is 0 Å². The second-order valence-corrected chi connectivity index (χ2v) is 6.46. The zero-order chi connectivity index (χ0) is 16.5. The number of benzene rings is 2. The Morgan fingerprint density at radius 3 is 2.45 bits per heavy atom. The number of halogens is 1. The van der Waals surface area contributed by atoms with Crippen molar-refractivity contribution in [3.63, 3.8) is 0 Å². The first-order chi connectivity index (χ1) is 10.2. The van der Waals surface area contributed by atoms with Gasteiger partial charge in [0.2, 0.25) is 10.0 Å². The molecule has 2 aromatic carbocycles. The van der Waals surface area contributed by atoms with Crippen molar-refractivity contribution in [1.82, 2.24) is 0 Å². The van der Waals surface area contributed by atoms with Crippen LogP contribution in [0.2, 0.25) is 0 Å². The van der Waals surface area contributed by atoms with Crippen LogP contribution in [0.3, 0.4) is 0 Å². The summed E-state index contributed by atoms with van der Waals surface area (Å²) in [6.07, 6.45) is 0. The largest absolute Gasteiger partial charge is 0.322 e. The average Bonchev–Trinajstić information content (AvgIpc) is 2.40. The highest BCUT2D eigenvalue weighted by molar-refractivity contribution is 7.89. The molecule has 5 nitrogen and oxygen atoms in total. The van der Waals surface area contributed by atoms with Crippen molar-refractivity contribution in [2.75, 3.05) is 5.32 Å². The highest BCUT2D eigenvalue weighted by Gasteiger charge is 2.17. The number of hydrogen-bond donors (Lipinski definition) is 2. The molecule has 3 N–H and O–H groups in total. The molecule has 0 saturated carbocycles. The molecule has 0 aliphatic rings. The van der Waals surface area contributed by atoms with Crippen LogP contribution in [0.5, 0.6) is 0 Å². The summed E-state index contributed by atoms with van der Waals surface area (Å²) in [6, 6.07) is 8.18. The van der Waals surface area contributed by atoms with Gasteiger partial charge in [0.1, 0.15) is 5.82 Å². The first-order valence-corrected chi connectivity index (χ1v) is 7.94. The molecule has 0 aromatic heterocycles. The second-order valence-electron chi connectivity index (χ2n) is 4.93. The fourth-order valence-electron chi connectivity index (χ4n) is 2.02. The Labute approximate surface area is 128 Å². The number of aryl methyl sites for hydroxylation is 1. The monoisotopic (exact) mass is 322 g/mol. The van der Waals surface area contributed by atoms with Gasteiger partial charge >= 0.3 is 0 Å². The maximum absolute atomic E-state index is 13.1. The van der Waals surface area contributed by atoms with E-state index in [-0.39, 0.29) is 16.1 Å². The Morgan fingerprint density at radius 1 is 1.18 bits per heavy atom. The minimum Gasteiger partial charge on any atom is -0.322 e. The number of nitrogens with two attached hydrogens (primary N) is 1. The number of rotatable bonds is 3. The Morgan fingerprint density at radius 2 is 1.86 bits per heavy atom. The predicted molar refractivity (Wildman–Crippen MR) is 81.6 cm³/mol. The van der Waals surface area contributed by atoms with Crippen molar-refractivity contribution in [3.8, 4) is 0 Å². The quantitative estimate of drug-likeness (QED) is 0.909. The van der Waals surface area contributed by atoms with Gasteiger partial charge in [-0.2, -0.15) is 0 Å². The molecule has 0 heterocycles. The molecule has 7 heteroatoms. The van der Waals surface area contributed by atoms with Gasteiger partial charge in [-0.3, -0.25) is 4.79 Å². The summed E-state index contributed by atoms with van der Waals surface area (Å²) in [5, 5.41) is 7.67. The number of amides is 1. The SMILES string of the molecule is Cc1cc(C(=O)Nc2cccc(F)c2)cc(S(N)(=O)=O)c1C. The van der Waals surface area contributed by atoms with Gasteiger partial charge in [0.25, 0.3) is 5.91 Å². The van der Waals surface area contributed by atoms with E-state index in [4.69, 9.17) is 5.14 Å². The Hall–Kier alpha value is -2.25. The van der Waals surface area contributed by atoms with E-state index in [1.807, 2.05) is 0 Å². The van der Waals surface area contributed by atoms with Crippen molar-refractivity contribution in [2.24, 2.45) is 5.14 Å². The van der Waals surface area contributed by atoms with Gasteiger partial charge < -0.3 is 5.32 Å². The van der Waals surface area contributed by atoms with Crippen molar-refractivity contribution in [2.45, 2.75) is 18.7 Å². The van der Waals surface area contributed by atoms with Crippen LogP contribution >= 0.6 is 0 Å². The average molecular weight is 322 g/mol. The number of primary sulfonamides is 1. The van der Waals surface area contributed by atoms with E-state index >= 15 is 0 Å². The molecule has 2 rings (SSSR count). The number of hydrogen-bond acceptors (Lipinski definition) is 3. The minimum absolute atomic E-state index is 0.100. The van der Waals surface area contributed by atoms with Crippen molar-refractivity contribution >= 4 is 21.6 Å². The van der Waals surface area contributed by atoms with Crippen LogP contribution in [0.25, 0.3) is 0 Å². The number of carbonyl (C=O) groups excluding carboxylic acids is 1. The summed E-state index contributed by atoms with van der Waals surface area (Å²) in [6.45, 7) is 3.30. The number of anilines is 1. The van der Waals surface area contributed by atoms with Gasteiger partial charge in [-0.05, 0) is 55.3 Å². The van der Waals surface area contributed by atoms with E-state index in [1.165, 1.54) is 30.3 Å². The van der Waals surface area contributed by atoms with E-state index in [2.05, 4.69) is 5.32 Å². The Kier molecular flexibility index (Phi) is 4.30. The molecule has 0 spiro atoms. The fourth-order valence-corrected chi connectivity index (χ4v) is 2.90. The summed E-state index contributed by atoms with van der Waals surface area (Å²) in [7, 11) is -3.93. The summed E-state index contributed by atoms with van der Waals surface area (Å²) in [5.74, 6) is -1.03. The second kappa shape index (κ2) is 5.86. The molecular weight excluding hydrogens is 307 g/mol. The molecule has 22 heavy (non-hydrogen) atoms. The third-order valence-corrected chi connectivity index (χ3v) is 4.31. The number of nitrogens with one attached hydrogen (secondary N) is 1. The molecular formula is C15H15FN2O3S. The lowest BCUT2D eigenvalue weighted by Crippen LogP contribution is -2.18. The predicted octanol–water partition coefficient (Wildman–Crippen LogP) is 2.34. The number of sulfonamides is 1. The van der Waals surface area contributed by atoms with Crippen molar-refractivity contribution in [3.05, 3.63) is 58.9 Å². The number of carbonyl (C=O) groups is 1. The normalized spacial score (nSPS) is 11.3. The lowest BCUT2D eigenvalue weighted by Gasteiger charge is -2.11. The first-order valence-electron chi connectivity index (χ1n) is 6.39. The van der Waals surface area contributed by atoms with E-state index in [0.29, 0.717) is 11.1 Å². The van der Waals surface area contributed by atoms with Crippen LogP contribution in [0.15, 0.2) is 41.3 Å². The lowest BCUT2D eigenvalue weighted by molar-refractivity contribution is 0.102. The minimum atomic E-state index is -3.93. The van der Waals surface area contributed by atoms with E-state index in [1.54, 1.807) is 19.9 Å². The highest BCUT2D eigenvalue weighted by Crippen LogP contribution is 2.21. The Bertz CT molecular complexity index is 848. The third-order valence-electron chi connectivity index (χ3n) is 3.27. The van der Waals surface area contributed by atoms with Crippen LogP contribution in [0.4, 0.5) is 10.1 Å². The van der Waals surface area contributed by atoms with Crippen LogP contribution in [-0.2, 0) is 10.0 Å². The van der Waals surface area contributed by atoms with Crippen molar-refractivity contribution < 1.29 is 17.6 Å². The van der Waals surface area contributed by atoms with Gasteiger partial charge in [0, 0.05) is 11.3 Å². The summed E-state index contributed by atoms with van der Waals surface area (Å²) in [4.78, 5) is 12.1. The summed E-state index contributed by atoms with van der Waals surface area (Å²) in [5.41, 5.74) is 1.53. The fraction of sp³-hybridized carbons (Fsp3) is 0.133. The summed E-state index contributed by atoms with van der Waals surface area (Å²) >= 11 is 0. The van der Waals surface area contributed by atoms with Gasteiger partial charge in [-0.1, -0.05) is 6.07 Å². The molecule has 1 amide bonds. The molecule has 0 atom stereocenters. The van der Waals surface area contributed by atoms with Crippen LogP contribution in [-0.4, -0.2) is 14.3 Å². The van der Waals surface area contributed by atoms with Gasteiger partial charge in [0.15, 0.2) is 0 Å². The third kappa shape index (κ3) is 3.49. The zero-order valence-corrected chi connectivity index (χ0v) is 12.9. The smallest absolute Gasteiger partial charge is 0.255 e. The molecule has 0 aliphatic heterocycles. The van der Waals surface area contributed by atoms with E-state index in [9.17, 15) is 17.6 Å². The van der Waals surface area contributed by atoms with Gasteiger partial charge in [-0.25, -0.2) is 17.9 Å². The molecule has 0 unspecified atom stereocenters. The molecule has 0 saturated heterocycles. The molecule has 0 radical (unpaired) electrons. The van der Waals surface area contributed by atoms with Crippen LogP contribution in [0, 0.1) is 19.7 Å². The van der Waals surface area contributed by atoms with E-state index in [0.717, 1.165) is 0 Å². The summed E-state index contributed by atoms with van der Waals surface area (Å²) < 4.78 is 36.3. The zero-order valence-electron chi connectivity index (χ0n) is 12.1. The van der Waals surface area contributed by atoms with E-state index < -0.39 is 21.7 Å². The van der Waals surface area contributed by atoms with Crippen molar-refractivity contribution in [1.29, 1.82) is 0 Å². The molecule has 116 valence electrons. The van der Waals surface area contributed by atoms with Crippen LogP contribution in [0.1, 0.15) is 21.5 Å². The molecule has 0 fully saturated rings. The van der Waals surface area contributed by atoms with Crippen LogP contribution < -0.4 is 10.5 Å². The highest BCUT2D eigenvalue weighted by atomic mass is 32.2. The molecule has 0 bridgehead atoms. The standard InChI is InChI=1S/C15H15FN2O3S/c1-9-6-11(7-14(10(9)2)22(17,20)21)15(19)18-13-5-3-4-12(16)8-13/h3-8H,1-2H3,(H,18,19)(H2,17,20,21). The maximum atomic E-state index is 13.1. The molecule has 0 aliphatic carbocycles. The first kappa shape index (κ1) is 16.1. The topological polar surface area (TPSA) is 89.3 Å². The lowest BCUT2D eigenvalue weighted by atomic mass is 10.1.